The number of ketones is 1. The van der Waals surface area contributed by atoms with Crippen LogP contribution >= 0.6 is 23.1 Å². The number of nitrogens with zero attached hydrogens (tertiary/aromatic N) is 1. The number of anilines is 1. The first-order valence-electron chi connectivity index (χ1n) is 6.24. The molecule has 21 heavy (non-hydrogen) atoms. The Labute approximate surface area is 128 Å². The lowest BCUT2D eigenvalue weighted by atomic mass is 10.1. The van der Waals surface area contributed by atoms with E-state index in [0.717, 1.165) is 19.5 Å². The monoisotopic (exact) mass is 312 g/mol. The minimum Gasteiger partial charge on any atom is -0.318 e. The molecule has 1 N–H and O–H groups in total. The summed E-state index contributed by atoms with van der Waals surface area (Å²) in [4.78, 5) is 28.4. The van der Waals surface area contributed by atoms with Gasteiger partial charge in [0.05, 0.1) is 21.5 Å². The van der Waals surface area contributed by atoms with Crippen molar-refractivity contribution in [2.24, 2.45) is 0 Å². The maximum Gasteiger partial charge on any atom is 0.296 e. The van der Waals surface area contributed by atoms with E-state index in [9.17, 15) is 9.59 Å². The van der Waals surface area contributed by atoms with Crippen molar-refractivity contribution in [2.75, 3.05) is 5.32 Å². The second-order valence-corrected chi connectivity index (χ2v) is 6.89. The molecule has 0 saturated carbocycles. The summed E-state index contributed by atoms with van der Waals surface area (Å²) in [5, 5.41) is 2.58. The molecular formula is C15H8N2O2S2. The minimum atomic E-state index is -0.563. The topological polar surface area (TPSA) is 59.1 Å². The van der Waals surface area contributed by atoms with Crippen LogP contribution in [0.5, 0.6) is 0 Å². The summed E-state index contributed by atoms with van der Waals surface area (Å²) < 4.78 is 2.08. The van der Waals surface area contributed by atoms with Gasteiger partial charge >= 0.3 is 0 Å². The Kier molecular flexibility index (Phi) is 2.80. The molecule has 0 saturated heterocycles. The number of benzene rings is 2. The molecule has 0 radical (unpaired) electrons. The molecule has 2 heterocycles. The molecule has 4 rings (SSSR count). The number of para-hydroxylation sites is 1. The highest BCUT2D eigenvalue weighted by atomic mass is 32.2. The Morgan fingerprint density at radius 1 is 1.10 bits per heavy atom. The third-order valence-electron chi connectivity index (χ3n) is 3.17. The number of carbonyl (C=O) groups is 2. The molecule has 0 spiro atoms. The van der Waals surface area contributed by atoms with Crippen LogP contribution in [0.25, 0.3) is 10.2 Å². The summed E-state index contributed by atoms with van der Waals surface area (Å²) in [7, 11) is 0. The summed E-state index contributed by atoms with van der Waals surface area (Å²) in [5.41, 5.74) is 2.00. The van der Waals surface area contributed by atoms with Crippen molar-refractivity contribution >= 4 is 50.7 Å². The highest BCUT2D eigenvalue weighted by Gasteiger charge is 2.27. The van der Waals surface area contributed by atoms with E-state index in [-0.39, 0.29) is 0 Å². The molecule has 3 aromatic rings. The number of thiazole rings is 1. The van der Waals surface area contributed by atoms with Crippen LogP contribution in [0.1, 0.15) is 10.4 Å². The normalized spacial score (nSPS) is 13.5. The van der Waals surface area contributed by atoms with Gasteiger partial charge in [-0.15, -0.1) is 11.3 Å². The molecule has 0 aliphatic carbocycles. The second kappa shape index (κ2) is 4.68. The zero-order valence-electron chi connectivity index (χ0n) is 10.6. The molecule has 0 atom stereocenters. The van der Waals surface area contributed by atoms with Crippen LogP contribution in [0.15, 0.2) is 51.7 Å². The predicted octanol–water partition coefficient (Wildman–Crippen LogP) is 3.58. The van der Waals surface area contributed by atoms with Crippen molar-refractivity contribution < 1.29 is 9.59 Å². The molecule has 4 nitrogen and oxygen atoms in total. The van der Waals surface area contributed by atoms with Crippen molar-refractivity contribution in [1.82, 2.24) is 4.98 Å². The fraction of sp³-hybridized carbons (Fsp3) is 0. The average molecular weight is 312 g/mol. The van der Waals surface area contributed by atoms with Crippen molar-refractivity contribution in [3.63, 3.8) is 0 Å². The number of rotatable bonds is 2. The van der Waals surface area contributed by atoms with Gasteiger partial charge < -0.3 is 5.32 Å². The van der Waals surface area contributed by atoms with Gasteiger partial charge in [0.2, 0.25) is 0 Å². The van der Waals surface area contributed by atoms with Gasteiger partial charge in [0.1, 0.15) is 0 Å². The number of carbonyl (C=O) groups excluding carboxylic acids is 2. The molecular weight excluding hydrogens is 304 g/mol. The third-order valence-corrected chi connectivity index (χ3v) is 5.26. The van der Waals surface area contributed by atoms with Crippen LogP contribution in [-0.4, -0.2) is 16.7 Å². The van der Waals surface area contributed by atoms with E-state index in [0.29, 0.717) is 11.3 Å². The highest BCUT2D eigenvalue weighted by Crippen LogP contribution is 2.36. The molecule has 1 aromatic heterocycles. The van der Waals surface area contributed by atoms with Gasteiger partial charge in [-0.3, -0.25) is 9.59 Å². The molecule has 1 aliphatic rings. The highest BCUT2D eigenvalue weighted by molar-refractivity contribution is 8.01. The first-order chi connectivity index (χ1) is 10.2. The lowest BCUT2D eigenvalue weighted by Crippen LogP contribution is -2.12. The van der Waals surface area contributed by atoms with Crippen LogP contribution in [0.2, 0.25) is 0 Å². The third kappa shape index (κ3) is 2.12. The van der Waals surface area contributed by atoms with Crippen LogP contribution in [0, 0.1) is 0 Å². The van der Waals surface area contributed by atoms with Crippen molar-refractivity contribution in [3.8, 4) is 0 Å². The van der Waals surface area contributed by atoms with Crippen molar-refractivity contribution in [2.45, 2.75) is 9.24 Å². The molecule has 0 bridgehead atoms. The SMILES string of the molecule is O=C1Nc2cc(Sc3nc4ccccc4s3)ccc2C1=O. The van der Waals surface area contributed by atoms with E-state index in [1.165, 1.54) is 11.8 Å². The minimum absolute atomic E-state index is 0.439. The zero-order valence-corrected chi connectivity index (χ0v) is 12.3. The summed E-state index contributed by atoms with van der Waals surface area (Å²) in [6, 6.07) is 13.3. The number of Topliss-reactive ketones (excluding diaryl/α,β-unsaturated/α-hetero) is 1. The Bertz CT molecular complexity index is 869. The molecule has 2 aromatic carbocycles. The lowest BCUT2D eigenvalue weighted by Gasteiger charge is -2.01. The maximum atomic E-state index is 11.6. The largest absolute Gasteiger partial charge is 0.318 e. The molecule has 1 amide bonds. The molecule has 6 heteroatoms. The van der Waals surface area contributed by atoms with Crippen LogP contribution < -0.4 is 5.32 Å². The van der Waals surface area contributed by atoms with Gasteiger partial charge in [-0.1, -0.05) is 23.9 Å². The predicted molar refractivity (Wildman–Crippen MR) is 83.1 cm³/mol. The average Bonchev–Trinajstić information content (AvgIpc) is 3.00. The fourth-order valence-electron chi connectivity index (χ4n) is 2.19. The molecule has 102 valence electrons. The van der Waals surface area contributed by atoms with E-state index < -0.39 is 11.7 Å². The molecule has 0 fully saturated rings. The van der Waals surface area contributed by atoms with E-state index in [2.05, 4.69) is 10.3 Å². The number of nitrogens with one attached hydrogen (secondary N) is 1. The van der Waals surface area contributed by atoms with Gasteiger partial charge in [-0.25, -0.2) is 4.98 Å². The number of hydrogen-bond acceptors (Lipinski definition) is 5. The molecule has 0 unspecified atom stereocenters. The van der Waals surface area contributed by atoms with Crippen molar-refractivity contribution in [3.05, 3.63) is 48.0 Å². The lowest BCUT2D eigenvalue weighted by molar-refractivity contribution is -0.112. The number of hydrogen-bond donors (Lipinski definition) is 1. The summed E-state index contributed by atoms with van der Waals surface area (Å²) in [5.74, 6) is -1.03. The summed E-state index contributed by atoms with van der Waals surface area (Å²) in [6.45, 7) is 0. The van der Waals surface area contributed by atoms with Crippen LogP contribution in [0.4, 0.5) is 5.69 Å². The first-order valence-corrected chi connectivity index (χ1v) is 7.87. The molecule has 1 aliphatic heterocycles. The Balaban J connectivity index is 1.67. The standard InChI is InChI=1S/C15H8N2O2S2/c18-13-9-6-5-8(7-11(9)16-14(13)19)20-15-17-10-3-1-2-4-12(10)21-15/h1-7H,(H,16,18,19). The maximum absolute atomic E-state index is 11.6. The van der Waals surface area contributed by atoms with Crippen LogP contribution in [-0.2, 0) is 4.79 Å². The number of fused-ring (bicyclic) bond motifs is 2. The van der Waals surface area contributed by atoms with E-state index >= 15 is 0 Å². The Morgan fingerprint density at radius 2 is 1.95 bits per heavy atom. The Morgan fingerprint density at radius 3 is 2.81 bits per heavy atom. The summed E-state index contributed by atoms with van der Waals surface area (Å²) >= 11 is 3.15. The fourth-order valence-corrected chi connectivity index (χ4v) is 4.27. The van der Waals surface area contributed by atoms with Crippen LogP contribution in [0.3, 0.4) is 0 Å². The van der Waals surface area contributed by atoms with Crippen molar-refractivity contribution in [1.29, 1.82) is 0 Å². The smallest absolute Gasteiger partial charge is 0.296 e. The van der Waals surface area contributed by atoms with Gasteiger partial charge in [0.25, 0.3) is 11.7 Å². The number of aromatic nitrogens is 1. The summed E-state index contributed by atoms with van der Waals surface area (Å²) in [6.07, 6.45) is 0. The van der Waals surface area contributed by atoms with Gasteiger partial charge in [-0.2, -0.15) is 0 Å². The Hall–Kier alpha value is -2.18. The quantitative estimate of drug-likeness (QED) is 0.735. The van der Waals surface area contributed by atoms with E-state index in [1.807, 2.05) is 36.4 Å². The van der Waals surface area contributed by atoms with Gasteiger partial charge in [-0.05, 0) is 30.3 Å². The zero-order chi connectivity index (χ0) is 14.4. The van der Waals surface area contributed by atoms with Gasteiger partial charge in [0.15, 0.2) is 4.34 Å². The first kappa shape index (κ1) is 12.6. The van der Waals surface area contributed by atoms with E-state index in [1.54, 1.807) is 17.4 Å². The van der Waals surface area contributed by atoms with E-state index in [4.69, 9.17) is 0 Å². The van der Waals surface area contributed by atoms with Gasteiger partial charge in [0, 0.05) is 4.90 Å². The second-order valence-electron chi connectivity index (χ2n) is 4.54. The number of amides is 1.